The number of nitrogens with zero attached hydrogens (tertiary/aromatic N) is 1. The lowest BCUT2D eigenvalue weighted by molar-refractivity contribution is -0.136. The minimum atomic E-state index is -0.587. The molecule has 1 aliphatic heterocycles. The average molecular weight is 385 g/mol. The number of halogens is 1. The lowest BCUT2D eigenvalue weighted by Gasteiger charge is -2.36. The van der Waals surface area contributed by atoms with Gasteiger partial charge in [0.1, 0.15) is 6.04 Å². The molecule has 0 aliphatic carbocycles. The third-order valence-electron chi connectivity index (χ3n) is 5.08. The highest BCUT2D eigenvalue weighted by Crippen LogP contribution is 2.19. The van der Waals surface area contributed by atoms with Crippen molar-refractivity contribution in [2.75, 3.05) is 6.54 Å². The summed E-state index contributed by atoms with van der Waals surface area (Å²) in [6, 6.07) is 16.1. The van der Waals surface area contributed by atoms with E-state index in [1.54, 1.807) is 24.3 Å². The fraction of sp³-hybridized carbons (Fsp3) is 0.364. The summed E-state index contributed by atoms with van der Waals surface area (Å²) in [6.45, 7) is 2.83. The monoisotopic (exact) mass is 384 g/mol. The van der Waals surface area contributed by atoms with Gasteiger partial charge in [-0.15, -0.1) is 0 Å². The molecule has 4 nitrogen and oxygen atoms in total. The summed E-state index contributed by atoms with van der Waals surface area (Å²) >= 11 is 5.90. The van der Waals surface area contributed by atoms with Crippen LogP contribution in [-0.4, -0.2) is 35.3 Å². The predicted molar refractivity (Wildman–Crippen MR) is 108 cm³/mol. The molecular weight excluding hydrogens is 360 g/mol. The summed E-state index contributed by atoms with van der Waals surface area (Å²) in [7, 11) is 0. The fourth-order valence-electron chi connectivity index (χ4n) is 3.52. The minimum Gasteiger partial charge on any atom is -0.340 e. The first kappa shape index (κ1) is 19.4. The standard InChI is InChI=1S/C22H25ClN2O2/c1-16-7-5-6-14-25(16)22(27)20(15-17-8-3-2-4-9-17)24-21(26)18-10-12-19(23)13-11-18/h2-4,8-13,16,20H,5-7,14-15H2,1H3,(H,24,26). The fourth-order valence-corrected chi connectivity index (χ4v) is 3.64. The summed E-state index contributed by atoms with van der Waals surface area (Å²) < 4.78 is 0. The van der Waals surface area contributed by atoms with Crippen molar-refractivity contribution < 1.29 is 9.59 Å². The number of hydrogen-bond donors (Lipinski definition) is 1. The third kappa shape index (κ3) is 5.10. The second-order valence-corrected chi connectivity index (χ2v) is 7.54. The summed E-state index contributed by atoms with van der Waals surface area (Å²) in [6.07, 6.45) is 3.64. The number of carbonyl (C=O) groups is 2. The van der Waals surface area contributed by atoms with Crippen molar-refractivity contribution >= 4 is 23.4 Å². The molecule has 2 amide bonds. The number of benzene rings is 2. The molecule has 1 aliphatic rings. The minimum absolute atomic E-state index is 0.00614. The normalized spacial score (nSPS) is 18.0. The van der Waals surface area contributed by atoms with Gasteiger partial charge in [0.25, 0.3) is 5.91 Å². The van der Waals surface area contributed by atoms with Gasteiger partial charge in [0, 0.05) is 29.6 Å². The Balaban J connectivity index is 1.79. The van der Waals surface area contributed by atoms with Gasteiger partial charge in [0.05, 0.1) is 0 Å². The lowest BCUT2D eigenvalue weighted by Crippen LogP contribution is -2.53. The maximum atomic E-state index is 13.2. The van der Waals surface area contributed by atoms with Gasteiger partial charge in [0.2, 0.25) is 5.91 Å². The van der Waals surface area contributed by atoms with E-state index in [2.05, 4.69) is 12.2 Å². The summed E-state index contributed by atoms with van der Waals surface area (Å²) in [4.78, 5) is 27.8. The molecule has 0 spiro atoms. The van der Waals surface area contributed by atoms with Gasteiger partial charge in [-0.25, -0.2) is 0 Å². The number of hydrogen-bond acceptors (Lipinski definition) is 2. The number of likely N-dealkylation sites (tertiary alicyclic amines) is 1. The van der Waals surface area contributed by atoms with Crippen LogP contribution in [0, 0.1) is 0 Å². The zero-order valence-electron chi connectivity index (χ0n) is 15.5. The van der Waals surface area contributed by atoms with Gasteiger partial charge in [-0.05, 0) is 56.0 Å². The third-order valence-corrected chi connectivity index (χ3v) is 5.33. The Hall–Kier alpha value is -2.33. The topological polar surface area (TPSA) is 49.4 Å². The van der Waals surface area contributed by atoms with Crippen molar-refractivity contribution in [2.24, 2.45) is 0 Å². The zero-order valence-corrected chi connectivity index (χ0v) is 16.3. The number of rotatable bonds is 5. The Morgan fingerprint density at radius 1 is 1.11 bits per heavy atom. The van der Waals surface area contributed by atoms with E-state index >= 15 is 0 Å². The van der Waals surface area contributed by atoms with E-state index in [1.807, 2.05) is 35.2 Å². The molecule has 1 fully saturated rings. The Kier molecular flexibility index (Phi) is 6.51. The molecule has 1 saturated heterocycles. The van der Waals surface area contributed by atoms with E-state index in [1.165, 1.54) is 0 Å². The molecule has 2 atom stereocenters. The quantitative estimate of drug-likeness (QED) is 0.844. The maximum absolute atomic E-state index is 13.2. The van der Waals surface area contributed by atoms with Crippen LogP contribution in [0.4, 0.5) is 0 Å². The molecule has 3 rings (SSSR count). The van der Waals surface area contributed by atoms with Crippen LogP contribution in [0.15, 0.2) is 54.6 Å². The second kappa shape index (κ2) is 9.05. The molecule has 5 heteroatoms. The van der Waals surface area contributed by atoms with E-state index in [0.29, 0.717) is 17.0 Å². The molecule has 0 radical (unpaired) electrons. The Morgan fingerprint density at radius 3 is 2.48 bits per heavy atom. The molecule has 2 unspecified atom stereocenters. The van der Waals surface area contributed by atoms with Crippen LogP contribution in [0.5, 0.6) is 0 Å². The lowest BCUT2D eigenvalue weighted by atomic mass is 9.99. The summed E-state index contributed by atoms with van der Waals surface area (Å²) in [5, 5.41) is 3.52. The first-order chi connectivity index (χ1) is 13.0. The average Bonchev–Trinajstić information content (AvgIpc) is 2.68. The molecule has 2 aromatic rings. The van der Waals surface area contributed by atoms with Crippen LogP contribution in [0.1, 0.15) is 42.1 Å². The van der Waals surface area contributed by atoms with Crippen molar-refractivity contribution in [2.45, 2.75) is 44.7 Å². The molecule has 2 aromatic carbocycles. The second-order valence-electron chi connectivity index (χ2n) is 7.10. The van der Waals surface area contributed by atoms with E-state index in [-0.39, 0.29) is 17.9 Å². The van der Waals surface area contributed by atoms with E-state index in [0.717, 1.165) is 31.4 Å². The van der Waals surface area contributed by atoms with Crippen LogP contribution >= 0.6 is 11.6 Å². The summed E-state index contributed by atoms with van der Waals surface area (Å²) in [5.74, 6) is -0.265. The van der Waals surface area contributed by atoms with E-state index in [4.69, 9.17) is 11.6 Å². The molecule has 1 heterocycles. The van der Waals surface area contributed by atoms with E-state index < -0.39 is 6.04 Å². The molecule has 27 heavy (non-hydrogen) atoms. The Bertz CT molecular complexity index is 777. The molecule has 1 N–H and O–H groups in total. The largest absolute Gasteiger partial charge is 0.340 e. The van der Waals surface area contributed by atoms with E-state index in [9.17, 15) is 9.59 Å². The molecule has 142 valence electrons. The van der Waals surface area contributed by atoms with Crippen LogP contribution < -0.4 is 5.32 Å². The number of piperidine rings is 1. The van der Waals surface area contributed by atoms with Crippen LogP contribution in [0.25, 0.3) is 0 Å². The summed E-state index contributed by atoms with van der Waals surface area (Å²) in [5.41, 5.74) is 1.52. The van der Waals surface area contributed by atoms with Crippen molar-refractivity contribution in [1.29, 1.82) is 0 Å². The highest BCUT2D eigenvalue weighted by Gasteiger charge is 2.30. The maximum Gasteiger partial charge on any atom is 0.251 e. The highest BCUT2D eigenvalue weighted by molar-refractivity contribution is 6.30. The number of nitrogens with one attached hydrogen (secondary N) is 1. The SMILES string of the molecule is CC1CCCCN1C(=O)C(Cc1ccccc1)NC(=O)c1ccc(Cl)cc1. The van der Waals surface area contributed by atoms with Gasteiger partial charge in [-0.2, -0.15) is 0 Å². The highest BCUT2D eigenvalue weighted by atomic mass is 35.5. The van der Waals surface area contributed by atoms with Crippen molar-refractivity contribution in [3.05, 3.63) is 70.7 Å². The number of amides is 2. The first-order valence-corrected chi connectivity index (χ1v) is 9.83. The van der Waals surface area contributed by atoms with Crippen LogP contribution in [-0.2, 0) is 11.2 Å². The molecule has 0 saturated carbocycles. The van der Waals surface area contributed by atoms with Crippen molar-refractivity contribution in [3.63, 3.8) is 0 Å². The molecular formula is C22H25ClN2O2. The predicted octanol–water partition coefficient (Wildman–Crippen LogP) is 4.08. The van der Waals surface area contributed by atoms with Gasteiger partial charge in [0.15, 0.2) is 0 Å². The van der Waals surface area contributed by atoms with Gasteiger partial charge >= 0.3 is 0 Å². The molecule has 0 aromatic heterocycles. The van der Waals surface area contributed by atoms with Gasteiger partial charge in [-0.3, -0.25) is 9.59 Å². The van der Waals surface area contributed by atoms with Crippen LogP contribution in [0.2, 0.25) is 5.02 Å². The van der Waals surface area contributed by atoms with Crippen molar-refractivity contribution in [3.8, 4) is 0 Å². The number of carbonyl (C=O) groups excluding carboxylic acids is 2. The Labute approximate surface area is 165 Å². The first-order valence-electron chi connectivity index (χ1n) is 9.45. The van der Waals surface area contributed by atoms with Gasteiger partial charge in [-0.1, -0.05) is 41.9 Å². The van der Waals surface area contributed by atoms with Crippen molar-refractivity contribution in [1.82, 2.24) is 10.2 Å². The zero-order chi connectivity index (χ0) is 19.2. The Morgan fingerprint density at radius 2 is 1.81 bits per heavy atom. The molecule has 0 bridgehead atoms. The van der Waals surface area contributed by atoms with Gasteiger partial charge < -0.3 is 10.2 Å². The smallest absolute Gasteiger partial charge is 0.251 e. The van der Waals surface area contributed by atoms with Crippen LogP contribution in [0.3, 0.4) is 0 Å².